The van der Waals surface area contributed by atoms with Crippen LogP contribution in [0.1, 0.15) is 25.9 Å². The second-order valence-corrected chi connectivity index (χ2v) is 6.79. The Morgan fingerprint density at radius 2 is 2.11 bits per heavy atom. The summed E-state index contributed by atoms with van der Waals surface area (Å²) < 4.78 is 10.2. The van der Waals surface area contributed by atoms with Gasteiger partial charge in [0.1, 0.15) is 11.5 Å². The molecule has 0 spiro atoms. The van der Waals surface area contributed by atoms with Crippen molar-refractivity contribution in [2.24, 2.45) is 0 Å². The molecule has 0 aliphatic rings. The minimum atomic E-state index is -0.517. The van der Waals surface area contributed by atoms with Crippen molar-refractivity contribution in [1.29, 1.82) is 0 Å². The number of amides is 1. The maximum atomic E-state index is 12.4. The fourth-order valence-corrected chi connectivity index (χ4v) is 3.11. The number of rotatable bonds is 6. The number of carbonyl (C=O) groups excluding carboxylic acids is 2. The van der Waals surface area contributed by atoms with Gasteiger partial charge in [-0.1, -0.05) is 40.7 Å². The molecule has 0 unspecified atom stereocenters. The van der Waals surface area contributed by atoms with E-state index in [-0.39, 0.29) is 17.4 Å². The summed E-state index contributed by atoms with van der Waals surface area (Å²) in [4.78, 5) is 28.8. The molecule has 0 fully saturated rings. The van der Waals surface area contributed by atoms with Crippen molar-refractivity contribution in [3.8, 4) is 11.3 Å². The Kier molecular flexibility index (Phi) is 5.68. The van der Waals surface area contributed by atoms with Crippen LogP contribution in [0, 0.1) is 6.92 Å². The van der Waals surface area contributed by atoms with Crippen LogP contribution in [0.4, 0.5) is 5.13 Å². The number of carbonyl (C=O) groups is 2. The Morgan fingerprint density at radius 3 is 2.81 bits per heavy atom. The largest absolute Gasteiger partial charge is 0.457 e. The first-order valence-electron chi connectivity index (χ1n) is 7.77. The summed E-state index contributed by atoms with van der Waals surface area (Å²) >= 11 is 6.88. The van der Waals surface area contributed by atoms with Crippen LogP contribution in [0.25, 0.3) is 11.3 Å². The number of nitrogens with one attached hydrogen (secondary N) is 1. The zero-order valence-corrected chi connectivity index (χ0v) is 15.8. The highest BCUT2D eigenvalue weighted by Gasteiger charge is 2.20. The zero-order valence-electron chi connectivity index (χ0n) is 14.2. The Balaban J connectivity index is 1.72. The number of esters is 1. The van der Waals surface area contributed by atoms with Gasteiger partial charge in [0.25, 0.3) is 5.91 Å². The summed E-state index contributed by atoms with van der Waals surface area (Å²) in [5, 5.41) is 7.23. The minimum absolute atomic E-state index is 0.0867. The highest BCUT2D eigenvalue weighted by Crippen LogP contribution is 2.25. The molecule has 9 heteroatoms. The molecule has 138 valence electrons. The molecule has 2 aromatic heterocycles. The predicted molar refractivity (Wildman–Crippen MR) is 102 cm³/mol. The van der Waals surface area contributed by atoms with Crippen molar-refractivity contribution >= 4 is 39.9 Å². The number of hydrogen-bond acceptors (Lipinski definition) is 7. The van der Waals surface area contributed by atoms with Crippen LogP contribution in [-0.2, 0) is 4.74 Å². The number of anilines is 1. The van der Waals surface area contributed by atoms with Gasteiger partial charge in [-0.2, -0.15) is 0 Å². The first-order chi connectivity index (χ1) is 13.0. The summed E-state index contributed by atoms with van der Waals surface area (Å²) in [6.07, 6.45) is 1.47. The second kappa shape index (κ2) is 8.15. The van der Waals surface area contributed by atoms with E-state index in [4.69, 9.17) is 20.9 Å². The van der Waals surface area contributed by atoms with Gasteiger partial charge < -0.3 is 9.26 Å². The Morgan fingerprint density at radius 1 is 1.37 bits per heavy atom. The van der Waals surface area contributed by atoms with E-state index in [1.165, 1.54) is 12.1 Å². The van der Waals surface area contributed by atoms with Gasteiger partial charge in [0.2, 0.25) is 0 Å². The molecule has 1 aromatic carbocycles. The normalized spacial score (nSPS) is 10.4. The van der Waals surface area contributed by atoms with Crippen LogP contribution in [0.2, 0.25) is 5.02 Å². The molecular weight excluding hydrogens is 390 g/mol. The van der Waals surface area contributed by atoms with Crippen LogP contribution in [0.3, 0.4) is 0 Å². The van der Waals surface area contributed by atoms with E-state index < -0.39 is 11.9 Å². The lowest BCUT2D eigenvalue weighted by atomic mass is 10.1. The lowest BCUT2D eigenvalue weighted by Crippen LogP contribution is -2.11. The molecule has 3 aromatic rings. The van der Waals surface area contributed by atoms with Crippen molar-refractivity contribution in [1.82, 2.24) is 10.1 Å². The van der Waals surface area contributed by atoms with Crippen molar-refractivity contribution in [3.63, 3.8) is 0 Å². The lowest BCUT2D eigenvalue weighted by Gasteiger charge is -1.98. The number of aryl methyl sites for hydroxylation is 1. The highest BCUT2D eigenvalue weighted by atomic mass is 35.5. The Hall–Kier alpha value is -2.97. The lowest BCUT2D eigenvalue weighted by molar-refractivity contribution is 0.0554. The SMILES string of the molecule is C=CCOC(=O)c1sc(NC(=O)c2cc(-c3ccc(Cl)cc3)on2)nc1C. The van der Waals surface area contributed by atoms with Gasteiger partial charge in [-0.25, -0.2) is 9.78 Å². The number of halogens is 1. The van der Waals surface area contributed by atoms with E-state index in [9.17, 15) is 9.59 Å². The summed E-state index contributed by atoms with van der Waals surface area (Å²) in [5.41, 5.74) is 1.29. The number of ether oxygens (including phenoxy) is 1. The maximum Gasteiger partial charge on any atom is 0.350 e. The molecule has 0 saturated heterocycles. The Labute approximate surface area is 163 Å². The summed E-state index contributed by atoms with van der Waals surface area (Å²) in [6.45, 7) is 5.25. The van der Waals surface area contributed by atoms with Crippen LogP contribution in [-0.4, -0.2) is 28.6 Å². The monoisotopic (exact) mass is 403 g/mol. The third kappa shape index (κ3) is 4.42. The average Bonchev–Trinajstić information content (AvgIpc) is 3.27. The Bertz CT molecular complexity index is 994. The van der Waals surface area contributed by atoms with Crippen molar-refractivity contribution in [3.05, 3.63) is 64.3 Å². The second-order valence-electron chi connectivity index (χ2n) is 5.36. The third-order valence-electron chi connectivity index (χ3n) is 3.41. The molecule has 1 N–H and O–H groups in total. The maximum absolute atomic E-state index is 12.4. The molecule has 27 heavy (non-hydrogen) atoms. The van der Waals surface area contributed by atoms with E-state index in [2.05, 4.69) is 22.0 Å². The van der Waals surface area contributed by atoms with E-state index in [0.29, 0.717) is 21.4 Å². The quantitative estimate of drug-likeness (QED) is 0.485. The number of nitrogens with zero attached hydrogens (tertiary/aromatic N) is 2. The molecular formula is C18H14ClN3O4S. The van der Waals surface area contributed by atoms with Crippen molar-refractivity contribution < 1.29 is 18.8 Å². The summed E-state index contributed by atoms with van der Waals surface area (Å²) in [5.74, 6) is -0.587. The van der Waals surface area contributed by atoms with E-state index >= 15 is 0 Å². The van der Waals surface area contributed by atoms with Gasteiger partial charge in [-0.05, 0) is 31.2 Å². The predicted octanol–water partition coefficient (Wildman–Crippen LogP) is 4.36. The number of aromatic nitrogens is 2. The van der Waals surface area contributed by atoms with Gasteiger partial charge in [-0.3, -0.25) is 10.1 Å². The molecule has 7 nitrogen and oxygen atoms in total. The van der Waals surface area contributed by atoms with E-state index in [1.54, 1.807) is 31.2 Å². The molecule has 0 atom stereocenters. The smallest absolute Gasteiger partial charge is 0.350 e. The highest BCUT2D eigenvalue weighted by molar-refractivity contribution is 7.17. The van der Waals surface area contributed by atoms with Crippen LogP contribution < -0.4 is 5.32 Å². The number of thiazole rings is 1. The van der Waals surface area contributed by atoms with Gasteiger partial charge >= 0.3 is 5.97 Å². The minimum Gasteiger partial charge on any atom is -0.457 e. The standard InChI is InChI=1S/C18H14ClN3O4S/c1-3-8-25-17(24)15-10(2)20-18(27-15)21-16(23)13-9-14(26-22-13)11-4-6-12(19)7-5-11/h3-7,9H,1,8H2,2H3,(H,20,21,23). The van der Waals surface area contributed by atoms with E-state index in [0.717, 1.165) is 16.9 Å². The fourth-order valence-electron chi connectivity index (χ4n) is 2.13. The number of hydrogen-bond donors (Lipinski definition) is 1. The molecule has 0 aliphatic carbocycles. The van der Waals surface area contributed by atoms with Gasteiger partial charge in [0.15, 0.2) is 16.6 Å². The van der Waals surface area contributed by atoms with Crippen LogP contribution in [0.5, 0.6) is 0 Å². The molecule has 0 aliphatic heterocycles. The van der Waals surface area contributed by atoms with Crippen molar-refractivity contribution in [2.75, 3.05) is 11.9 Å². The summed E-state index contributed by atoms with van der Waals surface area (Å²) in [7, 11) is 0. The molecule has 0 saturated carbocycles. The molecule has 3 rings (SSSR count). The van der Waals surface area contributed by atoms with Crippen LogP contribution >= 0.6 is 22.9 Å². The van der Waals surface area contributed by atoms with E-state index in [1.807, 2.05) is 0 Å². The molecule has 2 heterocycles. The van der Waals surface area contributed by atoms with Gasteiger partial charge in [0, 0.05) is 16.7 Å². The first kappa shape index (κ1) is 18.8. The average molecular weight is 404 g/mol. The first-order valence-corrected chi connectivity index (χ1v) is 8.97. The van der Waals surface area contributed by atoms with Crippen LogP contribution in [0.15, 0.2) is 47.5 Å². The molecule has 1 amide bonds. The van der Waals surface area contributed by atoms with Gasteiger partial charge in [0.05, 0.1) is 5.69 Å². The molecule has 0 bridgehead atoms. The summed E-state index contributed by atoms with van der Waals surface area (Å²) in [6, 6.07) is 8.46. The fraction of sp³-hybridized carbons (Fsp3) is 0.111. The van der Waals surface area contributed by atoms with Gasteiger partial charge in [-0.15, -0.1) is 0 Å². The number of benzene rings is 1. The molecule has 0 radical (unpaired) electrons. The third-order valence-corrected chi connectivity index (χ3v) is 4.71. The topological polar surface area (TPSA) is 94.3 Å². The van der Waals surface area contributed by atoms with Crippen molar-refractivity contribution in [2.45, 2.75) is 6.92 Å². The zero-order chi connectivity index (χ0) is 19.4.